The van der Waals surface area contributed by atoms with E-state index >= 15 is 0 Å². The molecule has 1 aromatic heterocycles. The third-order valence-electron chi connectivity index (χ3n) is 2.86. The first-order valence-electron chi connectivity index (χ1n) is 6.29. The fourth-order valence-electron chi connectivity index (χ4n) is 1.84. The summed E-state index contributed by atoms with van der Waals surface area (Å²) >= 11 is 5.97. The van der Waals surface area contributed by atoms with Gasteiger partial charge in [0, 0.05) is 11.3 Å². The van der Waals surface area contributed by atoms with Crippen LogP contribution in [0.15, 0.2) is 53.1 Å². The molecular formula is C15H11ClFN3O. The highest BCUT2D eigenvalue weighted by Gasteiger charge is 2.12. The summed E-state index contributed by atoms with van der Waals surface area (Å²) in [6.07, 6.45) is 0. The largest absolute Gasteiger partial charge is 0.376 e. The number of benzene rings is 2. The van der Waals surface area contributed by atoms with E-state index in [1.165, 1.54) is 18.2 Å². The van der Waals surface area contributed by atoms with E-state index < -0.39 is 5.82 Å². The molecule has 4 nitrogen and oxygen atoms in total. The van der Waals surface area contributed by atoms with E-state index in [4.69, 9.17) is 16.1 Å². The number of hydrogen-bond donors (Lipinski definition) is 1. The van der Waals surface area contributed by atoms with Gasteiger partial charge in [-0.2, -0.15) is 4.98 Å². The third-order valence-corrected chi connectivity index (χ3v) is 3.17. The summed E-state index contributed by atoms with van der Waals surface area (Å²) in [5, 5.41) is 7.26. The zero-order chi connectivity index (χ0) is 14.7. The van der Waals surface area contributed by atoms with Gasteiger partial charge in [0.2, 0.25) is 11.7 Å². The molecule has 21 heavy (non-hydrogen) atoms. The number of aromatic nitrogens is 2. The second kappa shape index (κ2) is 5.93. The molecule has 3 rings (SSSR count). The molecule has 3 aromatic rings. The summed E-state index contributed by atoms with van der Waals surface area (Å²) in [7, 11) is 0. The van der Waals surface area contributed by atoms with Crippen LogP contribution in [-0.4, -0.2) is 10.1 Å². The van der Waals surface area contributed by atoms with Crippen LogP contribution in [0.25, 0.3) is 11.4 Å². The Bertz CT molecular complexity index is 746. The van der Waals surface area contributed by atoms with E-state index in [-0.39, 0.29) is 5.02 Å². The van der Waals surface area contributed by atoms with Crippen molar-refractivity contribution >= 4 is 17.3 Å². The van der Waals surface area contributed by atoms with E-state index in [0.29, 0.717) is 23.8 Å². The summed E-state index contributed by atoms with van der Waals surface area (Å²) in [5.74, 6) is 0.359. The van der Waals surface area contributed by atoms with Crippen LogP contribution in [0.5, 0.6) is 0 Å². The van der Waals surface area contributed by atoms with Gasteiger partial charge in [-0.25, -0.2) is 4.39 Å². The number of anilines is 1. The van der Waals surface area contributed by atoms with Gasteiger partial charge < -0.3 is 9.84 Å². The van der Waals surface area contributed by atoms with Crippen LogP contribution in [-0.2, 0) is 6.54 Å². The SMILES string of the molecule is Fc1ccc(-c2noc(CNc3ccccc3)n2)c(Cl)c1. The fourth-order valence-corrected chi connectivity index (χ4v) is 2.09. The minimum Gasteiger partial charge on any atom is -0.376 e. The van der Waals surface area contributed by atoms with Crippen LogP contribution in [0.1, 0.15) is 5.89 Å². The first-order chi connectivity index (χ1) is 10.2. The van der Waals surface area contributed by atoms with Crippen molar-refractivity contribution in [2.75, 3.05) is 5.32 Å². The summed E-state index contributed by atoms with van der Waals surface area (Å²) in [4.78, 5) is 4.24. The number of nitrogens with one attached hydrogen (secondary N) is 1. The lowest BCUT2D eigenvalue weighted by Crippen LogP contribution is -1.99. The van der Waals surface area contributed by atoms with E-state index in [1.54, 1.807) is 0 Å². The van der Waals surface area contributed by atoms with Gasteiger partial charge in [-0.1, -0.05) is 35.0 Å². The standard InChI is InChI=1S/C15H11ClFN3O/c16-13-8-10(17)6-7-12(13)15-19-14(21-20-15)9-18-11-4-2-1-3-5-11/h1-8,18H,9H2. The lowest BCUT2D eigenvalue weighted by molar-refractivity contribution is 0.384. The molecule has 0 saturated heterocycles. The smallest absolute Gasteiger partial charge is 0.246 e. The fraction of sp³-hybridized carbons (Fsp3) is 0.0667. The molecule has 106 valence electrons. The minimum atomic E-state index is -0.404. The monoisotopic (exact) mass is 303 g/mol. The topological polar surface area (TPSA) is 51.0 Å². The Labute approximate surface area is 125 Å². The third kappa shape index (κ3) is 3.20. The maximum atomic E-state index is 13.0. The maximum Gasteiger partial charge on any atom is 0.246 e. The van der Waals surface area contributed by atoms with E-state index in [2.05, 4.69) is 15.5 Å². The molecule has 0 unspecified atom stereocenters. The van der Waals surface area contributed by atoms with Gasteiger partial charge in [-0.05, 0) is 30.3 Å². The lowest BCUT2D eigenvalue weighted by Gasteiger charge is -2.01. The Balaban J connectivity index is 1.74. The number of nitrogens with zero attached hydrogens (tertiary/aromatic N) is 2. The molecule has 0 atom stereocenters. The van der Waals surface area contributed by atoms with Crippen molar-refractivity contribution in [2.24, 2.45) is 0 Å². The molecule has 6 heteroatoms. The van der Waals surface area contributed by atoms with Crippen molar-refractivity contribution in [1.82, 2.24) is 10.1 Å². The van der Waals surface area contributed by atoms with Crippen LogP contribution in [0.2, 0.25) is 5.02 Å². The predicted molar refractivity (Wildman–Crippen MR) is 78.5 cm³/mol. The average Bonchev–Trinajstić information content (AvgIpc) is 2.95. The first kappa shape index (κ1) is 13.6. The molecule has 0 saturated carbocycles. The quantitative estimate of drug-likeness (QED) is 0.787. The molecule has 0 bridgehead atoms. The Morgan fingerprint density at radius 3 is 2.71 bits per heavy atom. The van der Waals surface area contributed by atoms with Crippen molar-refractivity contribution in [3.05, 3.63) is 65.3 Å². The van der Waals surface area contributed by atoms with Crippen LogP contribution >= 0.6 is 11.6 Å². The van der Waals surface area contributed by atoms with Gasteiger partial charge in [0.15, 0.2) is 0 Å². The van der Waals surface area contributed by atoms with Crippen molar-refractivity contribution in [3.63, 3.8) is 0 Å². The molecule has 0 fully saturated rings. The zero-order valence-electron chi connectivity index (χ0n) is 10.9. The summed E-state index contributed by atoms with van der Waals surface area (Å²) < 4.78 is 18.2. The van der Waals surface area contributed by atoms with Crippen molar-refractivity contribution < 1.29 is 8.91 Å². The normalized spacial score (nSPS) is 10.6. The molecular weight excluding hydrogens is 293 g/mol. The molecule has 1 heterocycles. The maximum absolute atomic E-state index is 13.0. The highest BCUT2D eigenvalue weighted by molar-refractivity contribution is 6.33. The Kier molecular flexibility index (Phi) is 3.83. The summed E-state index contributed by atoms with van der Waals surface area (Å²) in [5.41, 5.74) is 1.49. The van der Waals surface area contributed by atoms with Crippen molar-refractivity contribution in [1.29, 1.82) is 0 Å². The molecule has 0 amide bonds. The zero-order valence-corrected chi connectivity index (χ0v) is 11.6. The first-order valence-corrected chi connectivity index (χ1v) is 6.67. The highest BCUT2D eigenvalue weighted by Crippen LogP contribution is 2.26. The van der Waals surface area contributed by atoms with Gasteiger partial charge in [0.1, 0.15) is 5.82 Å². The summed E-state index contributed by atoms with van der Waals surface area (Å²) in [6.45, 7) is 0.399. The Hall–Kier alpha value is -2.40. The van der Waals surface area contributed by atoms with Crippen LogP contribution in [0, 0.1) is 5.82 Å². The van der Waals surface area contributed by atoms with Gasteiger partial charge in [-0.3, -0.25) is 0 Å². The van der Waals surface area contributed by atoms with Crippen LogP contribution < -0.4 is 5.32 Å². The van der Waals surface area contributed by atoms with Gasteiger partial charge in [0.25, 0.3) is 0 Å². The average molecular weight is 304 g/mol. The second-order valence-electron chi connectivity index (χ2n) is 4.36. The van der Waals surface area contributed by atoms with Gasteiger partial charge in [0.05, 0.1) is 11.6 Å². The molecule has 0 spiro atoms. The molecule has 0 aliphatic carbocycles. The summed E-state index contributed by atoms with van der Waals surface area (Å²) in [6, 6.07) is 13.7. The van der Waals surface area contributed by atoms with E-state index in [0.717, 1.165) is 5.69 Å². The molecule has 0 radical (unpaired) electrons. The van der Waals surface area contributed by atoms with Crippen molar-refractivity contribution in [2.45, 2.75) is 6.54 Å². The molecule has 0 aliphatic rings. The Morgan fingerprint density at radius 2 is 1.95 bits per heavy atom. The Morgan fingerprint density at radius 1 is 1.14 bits per heavy atom. The number of para-hydroxylation sites is 1. The van der Waals surface area contributed by atoms with Gasteiger partial charge in [-0.15, -0.1) is 0 Å². The van der Waals surface area contributed by atoms with Crippen LogP contribution in [0.3, 0.4) is 0 Å². The van der Waals surface area contributed by atoms with E-state index in [9.17, 15) is 4.39 Å². The molecule has 0 aliphatic heterocycles. The number of hydrogen-bond acceptors (Lipinski definition) is 4. The van der Waals surface area contributed by atoms with Crippen molar-refractivity contribution in [3.8, 4) is 11.4 Å². The molecule has 2 aromatic carbocycles. The molecule has 1 N–H and O–H groups in total. The highest BCUT2D eigenvalue weighted by atomic mass is 35.5. The predicted octanol–water partition coefficient (Wildman–Crippen LogP) is 4.14. The van der Waals surface area contributed by atoms with Gasteiger partial charge >= 0.3 is 0 Å². The van der Waals surface area contributed by atoms with Crippen LogP contribution in [0.4, 0.5) is 10.1 Å². The second-order valence-corrected chi connectivity index (χ2v) is 4.76. The number of halogens is 2. The minimum absolute atomic E-state index is 0.248. The lowest BCUT2D eigenvalue weighted by atomic mass is 10.2. The van der Waals surface area contributed by atoms with E-state index in [1.807, 2.05) is 30.3 Å². The number of rotatable bonds is 4.